The van der Waals surface area contributed by atoms with E-state index >= 15 is 0 Å². The molecule has 17 heavy (non-hydrogen) atoms. The summed E-state index contributed by atoms with van der Waals surface area (Å²) in [5, 5.41) is 9.41. The van der Waals surface area contributed by atoms with Gasteiger partial charge in [0.1, 0.15) is 5.52 Å². The van der Waals surface area contributed by atoms with Gasteiger partial charge in [-0.3, -0.25) is 4.57 Å². The van der Waals surface area contributed by atoms with Crippen molar-refractivity contribution < 1.29 is 5.11 Å². The number of nitrogens with one attached hydrogen (secondary N) is 1. The second kappa shape index (κ2) is 4.85. The molecule has 0 saturated heterocycles. The molecule has 2 N–H and O–H groups in total. The second-order valence-electron chi connectivity index (χ2n) is 3.80. The molecule has 0 spiro atoms. The Morgan fingerprint density at radius 1 is 1.65 bits per heavy atom. The highest BCUT2D eigenvalue weighted by Crippen LogP contribution is 2.17. The van der Waals surface area contributed by atoms with Crippen LogP contribution >= 0.6 is 11.6 Å². The van der Waals surface area contributed by atoms with E-state index in [1.807, 2.05) is 6.92 Å². The van der Waals surface area contributed by atoms with Crippen molar-refractivity contribution >= 4 is 22.8 Å². The van der Waals surface area contributed by atoms with Crippen LogP contribution in [0.5, 0.6) is 0 Å². The fraction of sp³-hybridized carbons (Fsp3) is 0.500. The van der Waals surface area contributed by atoms with Gasteiger partial charge >= 0.3 is 5.69 Å². The van der Waals surface area contributed by atoms with Crippen molar-refractivity contribution in [3.05, 3.63) is 22.0 Å². The molecule has 0 unspecified atom stereocenters. The van der Waals surface area contributed by atoms with Crippen molar-refractivity contribution in [2.24, 2.45) is 0 Å². The van der Waals surface area contributed by atoms with Gasteiger partial charge in [0.05, 0.1) is 18.8 Å². The average molecular weight is 257 g/mol. The van der Waals surface area contributed by atoms with Gasteiger partial charge in [0.15, 0.2) is 5.65 Å². The fourth-order valence-electron chi connectivity index (χ4n) is 1.87. The molecule has 0 aliphatic heterocycles. The number of H-pyrrole nitrogens is 1. The molecule has 2 aromatic rings. The van der Waals surface area contributed by atoms with Crippen molar-refractivity contribution in [2.45, 2.75) is 25.8 Å². The summed E-state index contributed by atoms with van der Waals surface area (Å²) in [6, 6.07) is -0.285. The Kier molecular flexibility index (Phi) is 3.44. The highest BCUT2D eigenvalue weighted by atomic mass is 35.5. The molecule has 0 aromatic carbocycles. The molecule has 2 rings (SSSR count). The topological polar surface area (TPSA) is 83.8 Å². The molecule has 0 saturated carbocycles. The van der Waals surface area contributed by atoms with Crippen LogP contribution in [0.1, 0.15) is 25.8 Å². The molecule has 2 aromatic heterocycles. The predicted octanol–water partition coefficient (Wildman–Crippen LogP) is 1.11. The van der Waals surface area contributed by atoms with Crippen LogP contribution < -0.4 is 5.69 Å². The van der Waals surface area contributed by atoms with E-state index in [0.29, 0.717) is 17.6 Å². The molecule has 6 nitrogen and oxygen atoms in total. The first-order chi connectivity index (χ1) is 8.17. The number of halogens is 1. The summed E-state index contributed by atoms with van der Waals surface area (Å²) in [6.45, 7) is 1.88. The summed E-state index contributed by atoms with van der Waals surface area (Å²) in [7, 11) is 0. The highest BCUT2D eigenvalue weighted by Gasteiger charge is 2.17. The predicted molar refractivity (Wildman–Crippen MR) is 64.2 cm³/mol. The third-order valence-corrected chi connectivity index (χ3v) is 2.81. The summed E-state index contributed by atoms with van der Waals surface area (Å²) in [5.74, 6) is 0. The van der Waals surface area contributed by atoms with Gasteiger partial charge in [-0.05, 0) is 18.0 Å². The molecule has 0 bridgehead atoms. The van der Waals surface area contributed by atoms with Gasteiger partial charge in [-0.15, -0.1) is 0 Å². The zero-order valence-electron chi connectivity index (χ0n) is 9.35. The lowest BCUT2D eigenvalue weighted by molar-refractivity contribution is 0.219. The van der Waals surface area contributed by atoms with Crippen molar-refractivity contribution in [1.82, 2.24) is 19.5 Å². The van der Waals surface area contributed by atoms with E-state index in [2.05, 4.69) is 15.0 Å². The maximum Gasteiger partial charge on any atom is 0.328 e. The van der Waals surface area contributed by atoms with Crippen LogP contribution in [0.4, 0.5) is 0 Å². The minimum absolute atomic E-state index is 0.0819. The summed E-state index contributed by atoms with van der Waals surface area (Å²) in [4.78, 5) is 22.3. The zero-order valence-corrected chi connectivity index (χ0v) is 10.1. The van der Waals surface area contributed by atoms with Crippen molar-refractivity contribution in [1.29, 1.82) is 0 Å². The Morgan fingerprint density at radius 2 is 2.41 bits per heavy atom. The van der Waals surface area contributed by atoms with E-state index < -0.39 is 0 Å². The molecule has 1 atom stereocenters. The Labute approximate surface area is 102 Å². The number of hydrogen-bond acceptors (Lipinski definition) is 4. The Bertz CT molecular complexity index is 577. The highest BCUT2D eigenvalue weighted by molar-refractivity contribution is 6.28. The standard InChI is InChI=1S/C10H13ClN4O2/c1-2-3-6(5-16)15-8-7(13-10(15)17)4-12-9(11)14-8/h4,6,16H,2-3,5H2,1H3,(H,13,17)/t6-/m0/s1. The third-order valence-electron chi connectivity index (χ3n) is 2.63. The van der Waals surface area contributed by atoms with Crippen molar-refractivity contribution in [2.75, 3.05) is 6.61 Å². The first-order valence-electron chi connectivity index (χ1n) is 5.41. The number of aromatic nitrogens is 4. The number of fused-ring (bicyclic) bond motifs is 1. The number of hydrogen-bond donors (Lipinski definition) is 2. The minimum Gasteiger partial charge on any atom is -0.394 e. The maximum atomic E-state index is 11.8. The number of aliphatic hydroxyl groups excluding tert-OH is 1. The van der Waals surface area contributed by atoms with Crippen LogP contribution in [0.3, 0.4) is 0 Å². The van der Waals surface area contributed by atoms with Gasteiger partial charge in [-0.25, -0.2) is 9.78 Å². The van der Waals surface area contributed by atoms with Crippen LogP contribution in [0, 0.1) is 0 Å². The van der Waals surface area contributed by atoms with Gasteiger partial charge < -0.3 is 10.1 Å². The largest absolute Gasteiger partial charge is 0.394 e. The van der Waals surface area contributed by atoms with Gasteiger partial charge in [0, 0.05) is 0 Å². The molecule has 0 amide bonds. The Morgan fingerprint density at radius 3 is 3.06 bits per heavy atom. The number of rotatable bonds is 4. The van der Waals surface area contributed by atoms with E-state index in [-0.39, 0.29) is 23.6 Å². The number of nitrogens with zero attached hydrogens (tertiary/aromatic N) is 3. The van der Waals surface area contributed by atoms with E-state index in [9.17, 15) is 9.90 Å². The molecule has 0 aliphatic rings. The molecule has 0 radical (unpaired) electrons. The van der Waals surface area contributed by atoms with Crippen molar-refractivity contribution in [3.63, 3.8) is 0 Å². The van der Waals surface area contributed by atoms with Gasteiger partial charge in [0.25, 0.3) is 0 Å². The lowest BCUT2D eigenvalue weighted by Gasteiger charge is -2.14. The number of aromatic amines is 1. The smallest absolute Gasteiger partial charge is 0.328 e. The van der Waals surface area contributed by atoms with Crippen LogP contribution in [0.25, 0.3) is 11.2 Å². The summed E-state index contributed by atoms with van der Waals surface area (Å²) >= 11 is 5.71. The van der Waals surface area contributed by atoms with E-state index in [4.69, 9.17) is 11.6 Å². The second-order valence-corrected chi connectivity index (χ2v) is 4.14. The van der Waals surface area contributed by atoms with E-state index in [1.54, 1.807) is 0 Å². The Balaban J connectivity index is 2.62. The van der Waals surface area contributed by atoms with Gasteiger partial charge in [-0.1, -0.05) is 13.3 Å². The Hall–Kier alpha value is -1.40. The average Bonchev–Trinajstić information content (AvgIpc) is 2.62. The lowest BCUT2D eigenvalue weighted by atomic mass is 10.2. The molecule has 7 heteroatoms. The third kappa shape index (κ3) is 2.18. The summed E-state index contributed by atoms with van der Waals surface area (Å²) in [5.41, 5.74) is 0.653. The van der Waals surface area contributed by atoms with Crippen LogP contribution in [0.15, 0.2) is 11.0 Å². The van der Waals surface area contributed by atoms with Crippen LogP contribution in [-0.2, 0) is 0 Å². The van der Waals surface area contributed by atoms with Crippen LogP contribution in [-0.4, -0.2) is 31.2 Å². The normalized spacial score (nSPS) is 13.1. The minimum atomic E-state index is -0.302. The van der Waals surface area contributed by atoms with E-state index in [1.165, 1.54) is 10.8 Å². The first-order valence-corrected chi connectivity index (χ1v) is 5.78. The summed E-state index contributed by atoms with van der Waals surface area (Å²) in [6.07, 6.45) is 3.02. The maximum absolute atomic E-state index is 11.8. The quantitative estimate of drug-likeness (QED) is 0.803. The molecule has 2 heterocycles. The molecule has 0 aliphatic carbocycles. The van der Waals surface area contributed by atoms with Crippen LogP contribution in [0.2, 0.25) is 5.28 Å². The van der Waals surface area contributed by atoms with Gasteiger partial charge in [-0.2, -0.15) is 4.98 Å². The number of aliphatic hydroxyl groups is 1. The first kappa shape index (κ1) is 12.1. The molecular weight excluding hydrogens is 244 g/mol. The van der Waals surface area contributed by atoms with Gasteiger partial charge in [0.2, 0.25) is 5.28 Å². The SMILES string of the molecule is CCC[C@@H](CO)n1c(=O)[nH]c2cnc(Cl)nc21. The zero-order chi connectivity index (χ0) is 12.4. The summed E-state index contributed by atoms with van der Waals surface area (Å²) < 4.78 is 1.44. The number of imidazole rings is 1. The van der Waals surface area contributed by atoms with E-state index in [0.717, 1.165) is 6.42 Å². The fourth-order valence-corrected chi connectivity index (χ4v) is 2.00. The molecular formula is C10H13ClN4O2. The monoisotopic (exact) mass is 256 g/mol. The van der Waals surface area contributed by atoms with Crippen molar-refractivity contribution in [3.8, 4) is 0 Å². The lowest BCUT2D eigenvalue weighted by Crippen LogP contribution is -2.25. The molecule has 0 fully saturated rings. The molecule has 92 valence electrons.